The molecule has 7 nitrogen and oxygen atoms in total. The third kappa shape index (κ3) is 3.53. The van der Waals surface area contributed by atoms with E-state index in [0.717, 1.165) is 50.1 Å². The van der Waals surface area contributed by atoms with Crippen LogP contribution in [0.2, 0.25) is 0 Å². The molecule has 7 heteroatoms. The van der Waals surface area contributed by atoms with Gasteiger partial charge in [0.15, 0.2) is 0 Å². The zero-order valence-corrected chi connectivity index (χ0v) is 15.2. The lowest BCUT2D eigenvalue weighted by Crippen LogP contribution is -2.29. The first-order valence-corrected chi connectivity index (χ1v) is 9.97. The predicted octanol–water partition coefficient (Wildman–Crippen LogP) is 2.34. The van der Waals surface area contributed by atoms with E-state index < -0.39 is 0 Å². The number of imidazole rings is 1. The summed E-state index contributed by atoms with van der Waals surface area (Å²) in [7, 11) is 0. The van der Waals surface area contributed by atoms with Crippen LogP contribution in [-0.4, -0.2) is 50.0 Å². The smallest absolute Gasteiger partial charge is 0.225 e. The molecule has 3 heterocycles. The van der Waals surface area contributed by atoms with Gasteiger partial charge in [-0.3, -0.25) is 4.90 Å². The molecule has 0 spiro atoms. The van der Waals surface area contributed by atoms with Crippen molar-refractivity contribution < 1.29 is 0 Å². The molecule has 26 heavy (non-hydrogen) atoms. The van der Waals surface area contributed by atoms with Gasteiger partial charge in [0.2, 0.25) is 5.95 Å². The Kier molecular flexibility index (Phi) is 4.24. The van der Waals surface area contributed by atoms with Crippen LogP contribution in [0.25, 0.3) is 0 Å². The highest BCUT2D eigenvalue weighted by Crippen LogP contribution is 2.30. The van der Waals surface area contributed by atoms with Crippen LogP contribution in [0, 0.1) is 0 Å². The normalized spacial score (nSPS) is 20.9. The van der Waals surface area contributed by atoms with Crippen molar-refractivity contribution in [3.05, 3.63) is 29.5 Å². The lowest BCUT2D eigenvalue weighted by Gasteiger charge is -2.28. The Bertz CT molecular complexity index is 749. The average Bonchev–Trinajstić information content (AvgIpc) is 3.31. The van der Waals surface area contributed by atoms with Crippen LogP contribution in [-0.2, 0) is 19.4 Å². The van der Waals surface area contributed by atoms with Gasteiger partial charge >= 0.3 is 0 Å². The van der Waals surface area contributed by atoms with Crippen LogP contribution >= 0.6 is 0 Å². The molecular formula is C19H27N7. The molecule has 0 atom stereocenters. The van der Waals surface area contributed by atoms with Crippen LogP contribution < -0.4 is 10.6 Å². The van der Waals surface area contributed by atoms with Gasteiger partial charge in [0.25, 0.3) is 0 Å². The van der Waals surface area contributed by atoms with E-state index in [2.05, 4.69) is 25.5 Å². The molecule has 2 aliphatic carbocycles. The molecule has 0 unspecified atom stereocenters. The van der Waals surface area contributed by atoms with Gasteiger partial charge in [0.05, 0.1) is 12.2 Å². The maximum absolute atomic E-state index is 4.88. The Labute approximate surface area is 154 Å². The fourth-order valence-electron chi connectivity index (χ4n) is 3.74. The van der Waals surface area contributed by atoms with E-state index >= 15 is 0 Å². The van der Waals surface area contributed by atoms with E-state index in [1.807, 2.05) is 12.4 Å². The summed E-state index contributed by atoms with van der Waals surface area (Å²) in [5.41, 5.74) is 2.53. The Morgan fingerprint density at radius 1 is 1.04 bits per heavy atom. The van der Waals surface area contributed by atoms with Gasteiger partial charge in [0.1, 0.15) is 11.6 Å². The first kappa shape index (κ1) is 16.1. The molecule has 0 saturated heterocycles. The Morgan fingerprint density at radius 2 is 1.88 bits per heavy atom. The molecule has 1 aliphatic heterocycles. The van der Waals surface area contributed by atoms with Crippen molar-refractivity contribution in [1.82, 2.24) is 24.8 Å². The molecule has 0 bridgehead atoms. The van der Waals surface area contributed by atoms with Crippen molar-refractivity contribution in [1.29, 1.82) is 0 Å². The number of nitrogens with zero attached hydrogens (tertiary/aromatic N) is 4. The number of aromatic amines is 1. The SMILES string of the molecule is c1c[nH]c(CN2CCc3nc(NC4CC4)nc(NC4CCC4)c3CC2)n1. The molecule has 5 rings (SSSR count). The summed E-state index contributed by atoms with van der Waals surface area (Å²) >= 11 is 0. The maximum Gasteiger partial charge on any atom is 0.225 e. The van der Waals surface area contributed by atoms with Crippen molar-refractivity contribution in [2.45, 2.75) is 63.6 Å². The van der Waals surface area contributed by atoms with E-state index in [1.165, 1.54) is 43.4 Å². The predicted molar refractivity (Wildman–Crippen MR) is 101 cm³/mol. The topological polar surface area (TPSA) is 81.8 Å². The van der Waals surface area contributed by atoms with Gasteiger partial charge in [-0.2, -0.15) is 4.98 Å². The summed E-state index contributed by atoms with van der Waals surface area (Å²) in [4.78, 5) is 19.8. The van der Waals surface area contributed by atoms with Gasteiger partial charge in [-0.05, 0) is 38.5 Å². The van der Waals surface area contributed by atoms with Gasteiger partial charge in [0, 0.05) is 49.6 Å². The number of fused-ring (bicyclic) bond motifs is 1. The third-order valence-electron chi connectivity index (χ3n) is 5.72. The van der Waals surface area contributed by atoms with Crippen LogP contribution in [0.5, 0.6) is 0 Å². The number of aromatic nitrogens is 4. The Hall–Kier alpha value is -2.15. The average molecular weight is 353 g/mol. The summed E-state index contributed by atoms with van der Waals surface area (Å²) in [5.74, 6) is 2.92. The minimum Gasteiger partial charge on any atom is -0.367 e. The molecule has 2 aromatic heterocycles. The lowest BCUT2D eigenvalue weighted by molar-refractivity contribution is 0.273. The van der Waals surface area contributed by atoms with E-state index in [-0.39, 0.29) is 0 Å². The van der Waals surface area contributed by atoms with E-state index in [0.29, 0.717) is 12.1 Å². The molecule has 2 aromatic rings. The number of H-pyrrole nitrogens is 1. The summed E-state index contributed by atoms with van der Waals surface area (Å²) in [6.45, 7) is 2.90. The number of hydrogen-bond acceptors (Lipinski definition) is 6. The van der Waals surface area contributed by atoms with Gasteiger partial charge < -0.3 is 15.6 Å². The number of nitrogens with one attached hydrogen (secondary N) is 3. The highest BCUT2D eigenvalue weighted by atomic mass is 15.2. The second-order valence-electron chi connectivity index (χ2n) is 7.82. The lowest BCUT2D eigenvalue weighted by atomic mass is 9.93. The first-order valence-electron chi connectivity index (χ1n) is 9.97. The molecule has 3 aliphatic rings. The molecule has 2 saturated carbocycles. The van der Waals surface area contributed by atoms with Crippen LogP contribution in [0.4, 0.5) is 11.8 Å². The summed E-state index contributed by atoms with van der Waals surface area (Å²) < 4.78 is 0. The van der Waals surface area contributed by atoms with E-state index in [4.69, 9.17) is 9.97 Å². The molecule has 0 amide bonds. The van der Waals surface area contributed by atoms with Crippen molar-refractivity contribution >= 4 is 11.8 Å². The summed E-state index contributed by atoms with van der Waals surface area (Å²) in [6, 6.07) is 1.16. The highest BCUT2D eigenvalue weighted by Gasteiger charge is 2.26. The molecule has 0 radical (unpaired) electrons. The largest absolute Gasteiger partial charge is 0.367 e. The summed E-state index contributed by atoms with van der Waals surface area (Å²) in [6.07, 6.45) is 12.0. The van der Waals surface area contributed by atoms with E-state index in [1.54, 1.807) is 0 Å². The van der Waals surface area contributed by atoms with Crippen LogP contribution in [0.15, 0.2) is 12.4 Å². The van der Waals surface area contributed by atoms with Crippen LogP contribution in [0.1, 0.15) is 49.2 Å². The van der Waals surface area contributed by atoms with Crippen molar-refractivity contribution in [3.63, 3.8) is 0 Å². The zero-order valence-electron chi connectivity index (χ0n) is 15.2. The van der Waals surface area contributed by atoms with Crippen LogP contribution in [0.3, 0.4) is 0 Å². The second kappa shape index (κ2) is 6.87. The third-order valence-corrected chi connectivity index (χ3v) is 5.72. The number of anilines is 2. The second-order valence-corrected chi connectivity index (χ2v) is 7.82. The number of rotatable bonds is 6. The molecular weight excluding hydrogens is 326 g/mol. The van der Waals surface area contributed by atoms with Crippen molar-refractivity contribution in [2.75, 3.05) is 23.7 Å². The quantitative estimate of drug-likeness (QED) is 0.739. The Balaban J connectivity index is 1.36. The minimum atomic E-state index is 0.575. The fourth-order valence-corrected chi connectivity index (χ4v) is 3.74. The van der Waals surface area contributed by atoms with Gasteiger partial charge in [-0.1, -0.05) is 0 Å². The maximum atomic E-state index is 4.88. The molecule has 0 aromatic carbocycles. The number of hydrogen-bond donors (Lipinski definition) is 3. The van der Waals surface area contributed by atoms with Crippen molar-refractivity contribution in [3.8, 4) is 0 Å². The first-order chi connectivity index (χ1) is 12.8. The summed E-state index contributed by atoms with van der Waals surface area (Å²) in [5, 5.41) is 7.19. The zero-order chi connectivity index (χ0) is 17.3. The monoisotopic (exact) mass is 353 g/mol. The van der Waals surface area contributed by atoms with Gasteiger partial charge in [-0.15, -0.1) is 0 Å². The standard InChI is InChI=1S/C19H27N7/c1-2-13(3-1)22-18-15-6-10-26(12-17-20-8-9-21-17)11-7-16(15)24-19(25-18)23-14-4-5-14/h8-9,13-14H,1-7,10-12H2,(H,20,21)(H2,22,23,24,25). The van der Waals surface area contributed by atoms with E-state index in [9.17, 15) is 0 Å². The molecule has 138 valence electrons. The van der Waals surface area contributed by atoms with Gasteiger partial charge in [-0.25, -0.2) is 9.97 Å². The molecule has 3 N–H and O–H groups in total. The van der Waals surface area contributed by atoms with Crippen molar-refractivity contribution in [2.24, 2.45) is 0 Å². The minimum absolute atomic E-state index is 0.575. The fraction of sp³-hybridized carbons (Fsp3) is 0.632. The highest BCUT2D eigenvalue weighted by molar-refractivity contribution is 5.52. The molecule has 2 fully saturated rings. The Morgan fingerprint density at radius 3 is 2.62 bits per heavy atom.